The van der Waals surface area contributed by atoms with Crippen molar-refractivity contribution in [2.24, 2.45) is 5.92 Å². The molecule has 0 aromatic carbocycles. The molecule has 0 aromatic rings. The van der Waals surface area contributed by atoms with Crippen LogP contribution in [0.3, 0.4) is 0 Å². The first kappa shape index (κ1) is 22.8. The van der Waals surface area contributed by atoms with Crippen LogP contribution in [0.5, 0.6) is 0 Å². The van der Waals surface area contributed by atoms with E-state index in [1.54, 1.807) is 0 Å². The smallest absolute Gasteiger partial charge is 0.191 e. The molecule has 5 heteroatoms. The number of aliphatic hydroxyl groups is 1. The van der Waals surface area contributed by atoms with Crippen LogP contribution in [0.1, 0.15) is 59.8 Å². The number of rotatable bonds is 10. The average Bonchev–Trinajstić information content (AvgIpc) is 2.52. The Hall–Kier alpha value is -0.203. The van der Waals surface area contributed by atoms with Gasteiger partial charge >= 0.3 is 0 Å². The van der Waals surface area contributed by atoms with Crippen molar-refractivity contribution in [2.75, 3.05) is 13.2 Å². The summed E-state index contributed by atoms with van der Waals surface area (Å²) >= 11 is 0. The molecule has 1 rings (SSSR count). The summed E-state index contributed by atoms with van der Waals surface area (Å²) in [5.41, 5.74) is 0. The highest BCUT2D eigenvalue weighted by Gasteiger charge is 2.37. The second-order valence-electron chi connectivity index (χ2n) is 8.97. The maximum atomic E-state index is 10.7. The zero-order chi connectivity index (χ0) is 19.1. The fraction of sp³-hybridized carbons (Fsp3) is 0.900. The van der Waals surface area contributed by atoms with Crippen molar-refractivity contribution in [3.8, 4) is 0 Å². The Labute approximate surface area is 156 Å². The zero-order valence-electron chi connectivity index (χ0n) is 17.2. The molecule has 1 fully saturated rings. The molecule has 4 nitrogen and oxygen atoms in total. The molecular formula is C20H40O4Si. The first-order chi connectivity index (χ1) is 11.6. The van der Waals surface area contributed by atoms with Gasteiger partial charge in [-0.2, -0.15) is 0 Å². The van der Waals surface area contributed by atoms with Gasteiger partial charge in [0, 0.05) is 13.2 Å². The SMILES string of the molecule is C=CC[C@@H](OC1CCCCO1)[C@H](O)C[C@@H](C)CO[Si](C)(C)C(C)(C)C. The minimum Gasteiger partial charge on any atom is -0.417 e. The predicted octanol–water partition coefficient (Wildman–Crippen LogP) is 4.88. The summed E-state index contributed by atoms with van der Waals surface area (Å²) in [7, 11) is -1.75. The molecule has 0 amide bonds. The highest BCUT2D eigenvalue weighted by molar-refractivity contribution is 6.74. The maximum absolute atomic E-state index is 10.7. The van der Waals surface area contributed by atoms with E-state index in [4.69, 9.17) is 13.9 Å². The molecule has 1 heterocycles. The number of hydrogen-bond acceptors (Lipinski definition) is 4. The highest BCUT2D eigenvalue weighted by atomic mass is 28.4. The first-order valence-corrected chi connectivity index (χ1v) is 12.7. The fourth-order valence-electron chi connectivity index (χ4n) is 2.68. The minimum absolute atomic E-state index is 0.188. The zero-order valence-corrected chi connectivity index (χ0v) is 18.2. The molecule has 1 saturated heterocycles. The first-order valence-electron chi connectivity index (χ1n) is 9.77. The lowest BCUT2D eigenvalue weighted by Crippen LogP contribution is -2.42. The lowest BCUT2D eigenvalue weighted by molar-refractivity contribution is -0.207. The van der Waals surface area contributed by atoms with E-state index in [0.29, 0.717) is 19.4 Å². The van der Waals surface area contributed by atoms with Crippen LogP contribution in [-0.2, 0) is 13.9 Å². The molecule has 148 valence electrons. The largest absolute Gasteiger partial charge is 0.417 e. The number of hydrogen-bond donors (Lipinski definition) is 1. The van der Waals surface area contributed by atoms with E-state index in [9.17, 15) is 5.11 Å². The topological polar surface area (TPSA) is 47.9 Å². The van der Waals surface area contributed by atoms with Crippen molar-refractivity contribution in [1.29, 1.82) is 0 Å². The molecule has 0 radical (unpaired) electrons. The highest BCUT2D eigenvalue weighted by Crippen LogP contribution is 2.37. The van der Waals surface area contributed by atoms with Crippen molar-refractivity contribution < 1.29 is 19.0 Å². The fourth-order valence-corrected chi connectivity index (χ4v) is 3.81. The lowest BCUT2D eigenvalue weighted by atomic mass is 9.99. The van der Waals surface area contributed by atoms with Crippen LogP contribution in [-0.4, -0.2) is 45.1 Å². The molecule has 1 unspecified atom stereocenters. The summed E-state index contributed by atoms with van der Waals surface area (Å²) in [5, 5.41) is 10.9. The Kier molecular flexibility index (Phi) is 9.33. The Morgan fingerprint density at radius 3 is 2.52 bits per heavy atom. The molecule has 4 atom stereocenters. The van der Waals surface area contributed by atoms with Crippen molar-refractivity contribution in [3.05, 3.63) is 12.7 Å². The molecular weight excluding hydrogens is 332 g/mol. The van der Waals surface area contributed by atoms with Gasteiger partial charge < -0.3 is 19.0 Å². The molecule has 0 saturated carbocycles. The standard InChI is InChI=1S/C20H40O4Si/c1-8-11-18(24-19-12-9-10-13-22-19)17(21)14-16(2)15-23-25(6,7)20(3,4)5/h8,16-19,21H,1,9-15H2,2-7H3/t16-,17-,18-,19?/m1/s1. The van der Waals surface area contributed by atoms with Gasteiger partial charge in [-0.15, -0.1) is 6.58 Å². The van der Waals surface area contributed by atoms with E-state index in [0.717, 1.165) is 25.9 Å². The van der Waals surface area contributed by atoms with E-state index < -0.39 is 14.4 Å². The molecule has 25 heavy (non-hydrogen) atoms. The second kappa shape index (κ2) is 10.2. The van der Waals surface area contributed by atoms with Crippen LogP contribution in [0.2, 0.25) is 18.1 Å². The third-order valence-electron chi connectivity index (χ3n) is 5.47. The summed E-state index contributed by atoms with van der Waals surface area (Å²) < 4.78 is 18.0. The minimum atomic E-state index is -1.75. The van der Waals surface area contributed by atoms with Crippen molar-refractivity contribution in [3.63, 3.8) is 0 Å². The van der Waals surface area contributed by atoms with E-state index in [2.05, 4.69) is 47.4 Å². The summed E-state index contributed by atoms with van der Waals surface area (Å²) in [6.45, 7) is 18.6. The van der Waals surface area contributed by atoms with Gasteiger partial charge in [-0.3, -0.25) is 0 Å². The molecule has 0 aliphatic carbocycles. The molecule has 1 aliphatic heterocycles. The molecule has 1 N–H and O–H groups in total. The predicted molar refractivity (Wildman–Crippen MR) is 106 cm³/mol. The Morgan fingerprint density at radius 1 is 1.32 bits per heavy atom. The van der Waals surface area contributed by atoms with Crippen LogP contribution >= 0.6 is 0 Å². The van der Waals surface area contributed by atoms with Crippen molar-refractivity contribution >= 4 is 8.32 Å². The Balaban J connectivity index is 2.48. The summed E-state index contributed by atoms with van der Waals surface area (Å²) in [4.78, 5) is 0. The third kappa shape index (κ3) is 7.91. The van der Waals surface area contributed by atoms with Crippen LogP contribution in [0, 0.1) is 5.92 Å². The molecule has 0 spiro atoms. The van der Waals surface area contributed by atoms with Crippen LogP contribution in [0.15, 0.2) is 12.7 Å². The van der Waals surface area contributed by atoms with Gasteiger partial charge in [-0.25, -0.2) is 0 Å². The molecule has 0 aromatic heterocycles. The van der Waals surface area contributed by atoms with Gasteiger partial charge in [0.1, 0.15) is 0 Å². The van der Waals surface area contributed by atoms with Gasteiger partial charge in [-0.05, 0) is 56.2 Å². The van der Waals surface area contributed by atoms with E-state index >= 15 is 0 Å². The maximum Gasteiger partial charge on any atom is 0.191 e. The second-order valence-corrected chi connectivity index (χ2v) is 13.8. The monoisotopic (exact) mass is 372 g/mol. The molecule has 1 aliphatic rings. The Morgan fingerprint density at radius 2 is 2.00 bits per heavy atom. The van der Waals surface area contributed by atoms with Gasteiger partial charge in [-0.1, -0.05) is 33.8 Å². The summed E-state index contributed by atoms with van der Waals surface area (Å²) in [6, 6.07) is 0. The van der Waals surface area contributed by atoms with Gasteiger partial charge in [0.15, 0.2) is 14.6 Å². The number of ether oxygens (including phenoxy) is 2. The van der Waals surface area contributed by atoms with Crippen LogP contribution < -0.4 is 0 Å². The Bertz CT molecular complexity index is 386. The van der Waals surface area contributed by atoms with Crippen LogP contribution in [0.25, 0.3) is 0 Å². The van der Waals surface area contributed by atoms with E-state index in [1.807, 2.05) is 6.08 Å². The van der Waals surface area contributed by atoms with Gasteiger partial charge in [0.2, 0.25) is 0 Å². The third-order valence-corrected chi connectivity index (χ3v) is 9.97. The quantitative estimate of drug-likeness (QED) is 0.438. The summed E-state index contributed by atoms with van der Waals surface area (Å²) in [6.07, 6.45) is 5.27. The summed E-state index contributed by atoms with van der Waals surface area (Å²) in [5.74, 6) is 0.285. The van der Waals surface area contributed by atoms with E-state index in [-0.39, 0.29) is 23.4 Å². The van der Waals surface area contributed by atoms with Crippen LogP contribution in [0.4, 0.5) is 0 Å². The molecule has 0 bridgehead atoms. The van der Waals surface area contributed by atoms with Gasteiger partial charge in [0.05, 0.1) is 12.2 Å². The lowest BCUT2D eigenvalue weighted by Gasteiger charge is -2.37. The van der Waals surface area contributed by atoms with Gasteiger partial charge in [0.25, 0.3) is 0 Å². The van der Waals surface area contributed by atoms with Crippen molar-refractivity contribution in [1.82, 2.24) is 0 Å². The number of aliphatic hydroxyl groups excluding tert-OH is 1. The normalized spacial score (nSPS) is 23.1. The average molecular weight is 373 g/mol. The van der Waals surface area contributed by atoms with E-state index in [1.165, 1.54) is 0 Å². The van der Waals surface area contributed by atoms with Crippen molar-refractivity contribution in [2.45, 2.75) is 96.4 Å².